The van der Waals surface area contributed by atoms with Crippen molar-refractivity contribution in [2.24, 2.45) is 11.3 Å². The van der Waals surface area contributed by atoms with Crippen LogP contribution in [0, 0.1) is 34.3 Å². The van der Waals surface area contributed by atoms with Crippen molar-refractivity contribution in [2.45, 2.75) is 58.6 Å². The lowest BCUT2D eigenvalue weighted by atomic mass is 9.65. The number of benzene rings is 2. The summed E-state index contributed by atoms with van der Waals surface area (Å²) in [7, 11) is 0. The maximum Gasteiger partial charge on any atom is 0.237 e. The second-order valence-electron chi connectivity index (χ2n) is 10.9. The number of rotatable bonds is 8. The van der Waals surface area contributed by atoms with Gasteiger partial charge in [-0.25, -0.2) is 13.8 Å². The Bertz CT molecular complexity index is 1200. The van der Waals surface area contributed by atoms with E-state index in [4.69, 9.17) is 4.74 Å². The molecule has 0 N–H and O–H groups in total. The van der Waals surface area contributed by atoms with Crippen LogP contribution in [0.5, 0.6) is 5.88 Å². The number of halogens is 2. The summed E-state index contributed by atoms with van der Waals surface area (Å²) in [5.41, 5.74) is 0.450. The second kappa shape index (κ2) is 11.4. The Kier molecular flexibility index (Phi) is 8.19. The fourth-order valence-electron chi connectivity index (χ4n) is 5.18. The van der Waals surface area contributed by atoms with E-state index in [9.17, 15) is 14.0 Å². The molecule has 1 aliphatic rings. The number of nitriles is 1. The highest BCUT2D eigenvalue weighted by molar-refractivity contribution is 5.27. The molecule has 194 valence electrons. The van der Waals surface area contributed by atoms with Crippen LogP contribution >= 0.6 is 0 Å². The van der Waals surface area contributed by atoms with Crippen molar-refractivity contribution >= 4 is 0 Å². The maximum atomic E-state index is 14.7. The van der Waals surface area contributed by atoms with E-state index in [0.717, 1.165) is 31.6 Å². The molecule has 0 amide bonds. The average molecular weight is 505 g/mol. The molecule has 5 nitrogen and oxygen atoms in total. The molecule has 1 fully saturated rings. The Morgan fingerprint density at radius 3 is 1.97 bits per heavy atom. The minimum Gasteiger partial charge on any atom is -0.471 e. The lowest BCUT2D eigenvalue weighted by Gasteiger charge is -2.41. The third-order valence-electron chi connectivity index (χ3n) is 7.03. The SMILES string of the molecule is CC(C)(C)Oc1nccnc1CN1CCC(C(C#N)(Cc2ccccc2F)Cc2ccccc2F)CC1. The molecular weight excluding hydrogens is 470 g/mol. The zero-order chi connectivity index (χ0) is 26.5. The second-order valence-corrected chi connectivity index (χ2v) is 10.9. The Labute approximate surface area is 218 Å². The van der Waals surface area contributed by atoms with Gasteiger partial charge in [0.05, 0.1) is 11.5 Å². The summed E-state index contributed by atoms with van der Waals surface area (Å²) in [6, 6.07) is 15.7. The van der Waals surface area contributed by atoms with Gasteiger partial charge in [0.2, 0.25) is 5.88 Å². The zero-order valence-corrected chi connectivity index (χ0v) is 21.8. The molecule has 0 saturated carbocycles. The lowest BCUT2D eigenvalue weighted by Crippen LogP contribution is -2.43. The topological polar surface area (TPSA) is 62.0 Å². The van der Waals surface area contributed by atoms with E-state index in [1.54, 1.807) is 48.8 Å². The van der Waals surface area contributed by atoms with Crippen LogP contribution in [0.15, 0.2) is 60.9 Å². The van der Waals surface area contributed by atoms with Crippen LogP contribution in [0.2, 0.25) is 0 Å². The molecule has 4 rings (SSSR count). The van der Waals surface area contributed by atoms with Gasteiger partial charge in [0.25, 0.3) is 0 Å². The molecule has 2 aromatic carbocycles. The minimum atomic E-state index is -0.927. The smallest absolute Gasteiger partial charge is 0.237 e. The van der Waals surface area contributed by atoms with Gasteiger partial charge in [-0.1, -0.05) is 36.4 Å². The highest BCUT2D eigenvalue weighted by atomic mass is 19.1. The molecule has 1 aliphatic heterocycles. The number of aromatic nitrogens is 2. The molecule has 0 bridgehead atoms. The Hall–Kier alpha value is -3.37. The minimum absolute atomic E-state index is 0.0138. The molecule has 37 heavy (non-hydrogen) atoms. The third kappa shape index (κ3) is 6.69. The molecule has 3 aromatic rings. The largest absolute Gasteiger partial charge is 0.471 e. The predicted molar refractivity (Wildman–Crippen MR) is 139 cm³/mol. The Morgan fingerprint density at radius 2 is 1.46 bits per heavy atom. The molecule has 1 aromatic heterocycles. The number of ether oxygens (including phenoxy) is 1. The number of hydrogen-bond donors (Lipinski definition) is 0. The fourth-order valence-corrected chi connectivity index (χ4v) is 5.18. The summed E-state index contributed by atoms with van der Waals surface area (Å²) in [5, 5.41) is 10.5. The summed E-state index contributed by atoms with van der Waals surface area (Å²) >= 11 is 0. The first-order valence-electron chi connectivity index (χ1n) is 12.8. The van der Waals surface area contributed by atoms with Crippen LogP contribution in [0.1, 0.15) is 50.4 Å². The van der Waals surface area contributed by atoms with Crippen molar-refractivity contribution in [3.63, 3.8) is 0 Å². The van der Waals surface area contributed by atoms with E-state index in [0.29, 0.717) is 23.6 Å². The highest BCUT2D eigenvalue weighted by Gasteiger charge is 2.42. The normalized spacial score (nSPS) is 15.4. The highest BCUT2D eigenvalue weighted by Crippen LogP contribution is 2.42. The standard InChI is InChI=1S/C30H34F2N4O/c1-29(2,3)37-28-27(34-14-15-35-28)20-36-16-12-24(13-17-36)30(21-33,18-22-8-4-6-10-25(22)31)19-23-9-5-7-11-26(23)32/h4-11,14-15,24H,12-13,16-20H2,1-3H3. The van der Waals surface area contributed by atoms with Gasteiger partial charge in [-0.15, -0.1) is 0 Å². The van der Waals surface area contributed by atoms with Gasteiger partial charge in [-0.3, -0.25) is 9.88 Å². The van der Waals surface area contributed by atoms with Crippen LogP contribution in [0.3, 0.4) is 0 Å². The van der Waals surface area contributed by atoms with Crippen LogP contribution in [-0.2, 0) is 19.4 Å². The van der Waals surface area contributed by atoms with Gasteiger partial charge >= 0.3 is 0 Å². The first-order chi connectivity index (χ1) is 17.7. The van der Waals surface area contributed by atoms with Crippen molar-refractivity contribution in [1.29, 1.82) is 5.26 Å². The van der Waals surface area contributed by atoms with Crippen LogP contribution < -0.4 is 4.74 Å². The molecule has 2 heterocycles. The summed E-state index contributed by atoms with van der Waals surface area (Å²) in [6.07, 6.45) is 5.26. The lowest BCUT2D eigenvalue weighted by molar-refractivity contribution is 0.0975. The fraction of sp³-hybridized carbons (Fsp3) is 0.433. The van der Waals surface area contributed by atoms with E-state index in [1.165, 1.54) is 12.1 Å². The van der Waals surface area contributed by atoms with Gasteiger partial charge in [-0.05, 0) is 88.7 Å². The first kappa shape index (κ1) is 26.7. The molecule has 1 saturated heterocycles. The van der Waals surface area contributed by atoms with Crippen molar-refractivity contribution in [3.05, 3.63) is 89.4 Å². The third-order valence-corrected chi connectivity index (χ3v) is 7.03. The van der Waals surface area contributed by atoms with Gasteiger partial charge in [0, 0.05) is 18.9 Å². The summed E-state index contributed by atoms with van der Waals surface area (Å²) < 4.78 is 35.4. The quantitative estimate of drug-likeness (QED) is 0.369. The molecular formula is C30H34F2N4O. The first-order valence-corrected chi connectivity index (χ1v) is 12.8. The number of likely N-dealkylation sites (tertiary alicyclic amines) is 1. The van der Waals surface area contributed by atoms with Crippen LogP contribution in [0.25, 0.3) is 0 Å². The molecule has 0 aliphatic carbocycles. The summed E-state index contributed by atoms with van der Waals surface area (Å²) in [4.78, 5) is 11.2. The molecule has 0 unspecified atom stereocenters. The van der Waals surface area contributed by atoms with Gasteiger partial charge in [0.1, 0.15) is 22.9 Å². The molecule has 0 radical (unpaired) electrons. The molecule has 0 atom stereocenters. The van der Waals surface area contributed by atoms with Crippen molar-refractivity contribution < 1.29 is 13.5 Å². The maximum absolute atomic E-state index is 14.7. The van der Waals surface area contributed by atoms with E-state index >= 15 is 0 Å². The Balaban J connectivity index is 1.54. The zero-order valence-electron chi connectivity index (χ0n) is 21.8. The van der Waals surface area contributed by atoms with E-state index in [2.05, 4.69) is 20.9 Å². The number of piperidine rings is 1. The monoisotopic (exact) mass is 504 g/mol. The number of nitrogens with zero attached hydrogens (tertiary/aromatic N) is 4. The van der Waals surface area contributed by atoms with E-state index < -0.39 is 5.41 Å². The van der Waals surface area contributed by atoms with Crippen LogP contribution in [0.4, 0.5) is 8.78 Å². The summed E-state index contributed by atoms with van der Waals surface area (Å²) in [5.74, 6) is -0.146. The van der Waals surface area contributed by atoms with Gasteiger partial charge < -0.3 is 4.74 Å². The van der Waals surface area contributed by atoms with Crippen molar-refractivity contribution in [1.82, 2.24) is 14.9 Å². The molecule has 0 spiro atoms. The van der Waals surface area contributed by atoms with E-state index in [-0.39, 0.29) is 36.0 Å². The van der Waals surface area contributed by atoms with Crippen molar-refractivity contribution in [3.8, 4) is 11.9 Å². The number of hydrogen-bond acceptors (Lipinski definition) is 5. The van der Waals surface area contributed by atoms with Crippen molar-refractivity contribution in [2.75, 3.05) is 13.1 Å². The predicted octanol–water partition coefficient (Wildman–Crippen LogP) is 6.14. The van der Waals surface area contributed by atoms with Gasteiger partial charge in [0.15, 0.2) is 0 Å². The van der Waals surface area contributed by atoms with Gasteiger partial charge in [-0.2, -0.15) is 5.26 Å². The summed E-state index contributed by atoms with van der Waals surface area (Å²) in [6.45, 7) is 8.01. The van der Waals surface area contributed by atoms with E-state index in [1.807, 2.05) is 20.8 Å². The molecule has 7 heteroatoms. The Morgan fingerprint density at radius 1 is 0.919 bits per heavy atom. The van der Waals surface area contributed by atoms with Crippen LogP contribution in [-0.4, -0.2) is 33.6 Å². The average Bonchev–Trinajstić information content (AvgIpc) is 2.87.